The van der Waals surface area contributed by atoms with E-state index in [0.717, 1.165) is 31.1 Å². The number of carboxylic acid groups (broad SMARTS) is 1. The second-order valence-corrected chi connectivity index (χ2v) is 4.15. The van der Waals surface area contributed by atoms with Crippen molar-refractivity contribution in [2.45, 2.75) is 18.8 Å². The fraction of sp³-hybridized carbons (Fsp3) is 0.556. The highest BCUT2D eigenvalue weighted by Gasteiger charge is 2.20. The van der Waals surface area contributed by atoms with Crippen molar-refractivity contribution in [3.8, 4) is 0 Å². The summed E-state index contributed by atoms with van der Waals surface area (Å²) >= 11 is 1.44. The topological polar surface area (TPSA) is 59.4 Å². The van der Waals surface area contributed by atoms with Crippen molar-refractivity contribution in [3.05, 3.63) is 16.1 Å². The van der Waals surface area contributed by atoms with Crippen LogP contribution in [0.5, 0.6) is 0 Å². The average Bonchev–Trinajstić information content (AvgIpc) is 2.68. The molecule has 0 unspecified atom stereocenters. The van der Waals surface area contributed by atoms with Gasteiger partial charge < -0.3 is 9.84 Å². The van der Waals surface area contributed by atoms with E-state index in [2.05, 4.69) is 4.98 Å². The van der Waals surface area contributed by atoms with Gasteiger partial charge in [-0.05, 0) is 12.8 Å². The molecule has 0 spiro atoms. The van der Waals surface area contributed by atoms with Crippen molar-refractivity contribution in [3.63, 3.8) is 0 Å². The van der Waals surface area contributed by atoms with Crippen LogP contribution in [0.1, 0.15) is 34.3 Å². The van der Waals surface area contributed by atoms with Crippen LogP contribution in [0, 0.1) is 0 Å². The molecule has 1 saturated heterocycles. The van der Waals surface area contributed by atoms with Gasteiger partial charge in [0.25, 0.3) is 0 Å². The summed E-state index contributed by atoms with van der Waals surface area (Å²) in [6.45, 7) is 1.51. The van der Waals surface area contributed by atoms with Crippen LogP contribution >= 0.6 is 11.3 Å². The summed E-state index contributed by atoms with van der Waals surface area (Å²) in [6.07, 6.45) is 1.90. The van der Waals surface area contributed by atoms with Crippen LogP contribution < -0.4 is 0 Å². The van der Waals surface area contributed by atoms with E-state index in [1.807, 2.05) is 0 Å². The zero-order chi connectivity index (χ0) is 9.97. The van der Waals surface area contributed by atoms with Crippen LogP contribution in [0.15, 0.2) is 5.38 Å². The molecule has 0 radical (unpaired) electrons. The molecule has 1 fully saturated rings. The van der Waals surface area contributed by atoms with Crippen molar-refractivity contribution >= 4 is 17.3 Å². The van der Waals surface area contributed by atoms with Crippen molar-refractivity contribution in [2.75, 3.05) is 13.2 Å². The summed E-state index contributed by atoms with van der Waals surface area (Å²) in [6, 6.07) is 0. The predicted molar refractivity (Wildman–Crippen MR) is 51.9 cm³/mol. The lowest BCUT2D eigenvalue weighted by molar-refractivity contribution is 0.0690. The summed E-state index contributed by atoms with van der Waals surface area (Å²) in [5.41, 5.74) is 0.163. The largest absolute Gasteiger partial charge is 0.476 e. The van der Waals surface area contributed by atoms with E-state index in [0.29, 0.717) is 5.92 Å². The first kappa shape index (κ1) is 9.61. The molecule has 2 rings (SSSR count). The first-order valence-electron chi connectivity index (χ1n) is 4.54. The van der Waals surface area contributed by atoms with E-state index in [1.165, 1.54) is 11.3 Å². The van der Waals surface area contributed by atoms with Gasteiger partial charge in [-0.1, -0.05) is 0 Å². The van der Waals surface area contributed by atoms with Gasteiger partial charge in [0, 0.05) is 24.5 Å². The number of thiazole rings is 1. The maximum atomic E-state index is 10.6. The molecule has 1 aliphatic heterocycles. The number of nitrogens with zero attached hydrogens (tertiary/aromatic N) is 1. The third kappa shape index (κ3) is 1.93. The first-order chi connectivity index (χ1) is 6.77. The average molecular weight is 213 g/mol. The zero-order valence-corrected chi connectivity index (χ0v) is 8.42. The fourth-order valence-electron chi connectivity index (χ4n) is 1.52. The van der Waals surface area contributed by atoms with Crippen molar-refractivity contribution in [1.82, 2.24) is 4.98 Å². The minimum absolute atomic E-state index is 0.163. The first-order valence-corrected chi connectivity index (χ1v) is 5.42. The van der Waals surface area contributed by atoms with Gasteiger partial charge in [0.1, 0.15) is 0 Å². The minimum Gasteiger partial charge on any atom is -0.476 e. The third-order valence-corrected chi connectivity index (χ3v) is 3.32. The van der Waals surface area contributed by atoms with E-state index < -0.39 is 5.97 Å². The standard InChI is InChI=1S/C9H11NO3S/c11-9(12)7-5-14-8(10-7)6-1-3-13-4-2-6/h5-6H,1-4H2,(H,11,12). The number of ether oxygens (including phenoxy) is 1. The summed E-state index contributed by atoms with van der Waals surface area (Å²) in [4.78, 5) is 14.7. The zero-order valence-electron chi connectivity index (χ0n) is 7.60. The van der Waals surface area contributed by atoms with Crippen LogP contribution in [-0.2, 0) is 4.74 Å². The highest BCUT2D eigenvalue weighted by Crippen LogP contribution is 2.29. The lowest BCUT2D eigenvalue weighted by Crippen LogP contribution is -2.14. The van der Waals surface area contributed by atoms with Crippen molar-refractivity contribution in [1.29, 1.82) is 0 Å². The van der Waals surface area contributed by atoms with E-state index in [1.54, 1.807) is 5.38 Å². The van der Waals surface area contributed by atoms with Gasteiger partial charge in [0.05, 0.1) is 5.01 Å². The Morgan fingerprint density at radius 1 is 1.57 bits per heavy atom. The Hall–Kier alpha value is -0.940. The quantitative estimate of drug-likeness (QED) is 0.812. The van der Waals surface area contributed by atoms with Crippen molar-refractivity contribution < 1.29 is 14.6 Å². The van der Waals surface area contributed by atoms with Gasteiger partial charge in [-0.3, -0.25) is 0 Å². The Kier molecular flexibility index (Phi) is 2.79. The van der Waals surface area contributed by atoms with Gasteiger partial charge in [-0.15, -0.1) is 11.3 Å². The molecular weight excluding hydrogens is 202 g/mol. The molecule has 0 aromatic carbocycles. The molecule has 0 amide bonds. The lowest BCUT2D eigenvalue weighted by atomic mass is 10.0. The molecule has 1 N–H and O–H groups in total. The van der Waals surface area contributed by atoms with E-state index in [4.69, 9.17) is 9.84 Å². The van der Waals surface area contributed by atoms with Gasteiger partial charge in [0.2, 0.25) is 0 Å². The third-order valence-electron chi connectivity index (χ3n) is 2.31. The molecular formula is C9H11NO3S. The van der Waals surface area contributed by atoms with Crippen LogP contribution in [0.2, 0.25) is 0 Å². The molecule has 4 nitrogen and oxygen atoms in total. The lowest BCUT2D eigenvalue weighted by Gasteiger charge is -2.19. The Morgan fingerprint density at radius 3 is 2.86 bits per heavy atom. The molecule has 0 bridgehead atoms. The fourth-order valence-corrected chi connectivity index (χ4v) is 2.48. The molecule has 14 heavy (non-hydrogen) atoms. The number of aromatic carboxylic acids is 1. The predicted octanol–water partition coefficient (Wildman–Crippen LogP) is 1.74. The number of carbonyl (C=O) groups is 1. The number of hydrogen-bond donors (Lipinski definition) is 1. The molecule has 1 aliphatic rings. The normalized spacial score (nSPS) is 18.3. The van der Waals surface area contributed by atoms with Gasteiger partial charge in [0.15, 0.2) is 5.69 Å². The van der Waals surface area contributed by atoms with Crippen LogP contribution in [-0.4, -0.2) is 29.3 Å². The van der Waals surface area contributed by atoms with Gasteiger partial charge >= 0.3 is 5.97 Å². The summed E-state index contributed by atoms with van der Waals surface area (Å²) in [7, 11) is 0. The van der Waals surface area contributed by atoms with Crippen LogP contribution in [0.3, 0.4) is 0 Å². The highest BCUT2D eigenvalue weighted by atomic mass is 32.1. The summed E-state index contributed by atoms with van der Waals surface area (Å²) < 4.78 is 5.24. The Morgan fingerprint density at radius 2 is 2.29 bits per heavy atom. The van der Waals surface area contributed by atoms with Crippen molar-refractivity contribution in [2.24, 2.45) is 0 Å². The van der Waals surface area contributed by atoms with Gasteiger partial charge in [-0.2, -0.15) is 0 Å². The summed E-state index contributed by atoms with van der Waals surface area (Å²) in [5.74, 6) is -0.554. The smallest absolute Gasteiger partial charge is 0.355 e. The van der Waals surface area contributed by atoms with Crippen LogP contribution in [0.4, 0.5) is 0 Å². The molecule has 0 saturated carbocycles. The Labute approximate surface area is 85.5 Å². The SMILES string of the molecule is O=C(O)c1csc(C2CCOCC2)n1. The summed E-state index contributed by atoms with van der Waals surface area (Å²) in [5, 5.41) is 11.3. The molecule has 1 aromatic rings. The highest BCUT2D eigenvalue weighted by molar-refractivity contribution is 7.09. The number of rotatable bonds is 2. The molecule has 1 aromatic heterocycles. The molecule has 2 heterocycles. The second-order valence-electron chi connectivity index (χ2n) is 3.26. The number of hydrogen-bond acceptors (Lipinski definition) is 4. The van der Waals surface area contributed by atoms with Gasteiger partial charge in [-0.25, -0.2) is 9.78 Å². The Balaban J connectivity index is 2.11. The molecule has 0 aliphatic carbocycles. The number of carboxylic acids is 1. The van der Waals surface area contributed by atoms with E-state index in [-0.39, 0.29) is 5.69 Å². The molecule has 0 atom stereocenters. The monoisotopic (exact) mass is 213 g/mol. The van der Waals surface area contributed by atoms with Crippen LogP contribution in [0.25, 0.3) is 0 Å². The maximum absolute atomic E-state index is 10.6. The molecule has 76 valence electrons. The Bertz CT molecular complexity index is 331. The minimum atomic E-state index is -0.945. The van der Waals surface area contributed by atoms with E-state index in [9.17, 15) is 4.79 Å². The van der Waals surface area contributed by atoms with E-state index >= 15 is 0 Å². The maximum Gasteiger partial charge on any atom is 0.355 e. The molecule has 5 heteroatoms. The number of aromatic nitrogens is 1. The second kappa shape index (κ2) is 4.06.